The van der Waals surface area contributed by atoms with E-state index >= 15 is 0 Å². The van der Waals surface area contributed by atoms with Gasteiger partial charge in [-0.15, -0.1) is 0 Å². The molecule has 0 aliphatic carbocycles. The second-order valence-corrected chi connectivity index (χ2v) is 9.88. The van der Waals surface area contributed by atoms with Crippen molar-refractivity contribution in [2.75, 3.05) is 9.44 Å². The summed E-state index contributed by atoms with van der Waals surface area (Å²) < 4.78 is 54.9. The van der Waals surface area contributed by atoms with Crippen LogP contribution >= 0.6 is 23.2 Å². The molecule has 28 heavy (non-hydrogen) atoms. The van der Waals surface area contributed by atoms with E-state index in [2.05, 4.69) is 9.44 Å². The minimum Gasteiger partial charge on any atom is -0.280 e. The molecule has 10 heteroatoms. The lowest BCUT2D eigenvalue weighted by Crippen LogP contribution is -2.15. The van der Waals surface area contributed by atoms with Crippen molar-refractivity contribution < 1.29 is 16.8 Å². The van der Waals surface area contributed by atoms with Crippen LogP contribution in [-0.4, -0.2) is 16.8 Å². The number of halogens is 2. The van der Waals surface area contributed by atoms with E-state index in [1.807, 2.05) is 0 Å². The fourth-order valence-corrected chi connectivity index (χ4v) is 4.84. The van der Waals surface area contributed by atoms with E-state index in [9.17, 15) is 16.8 Å². The number of rotatable bonds is 6. The molecule has 0 saturated heterocycles. The minimum atomic E-state index is -3.97. The predicted octanol–water partition coefficient (Wildman–Crippen LogP) is 4.60. The van der Waals surface area contributed by atoms with Gasteiger partial charge in [0.15, 0.2) is 0 Å². The smallest absolute Gasteiger partial charge is 0.262 e. The van der Waals surface area contributed by atoms with Crippen molar-refractivity contribution in [1.82, 2.24) is 0 Å². The molecule has 6 nitrogen and oxygen atoms in total. The van der Waals surface area contributed by atoms with Gasteiger partial charge in [-0.3, -0.25) is 9.44 Å². The third-order valence-electron chi connectivity index (χ3n) is 3.64. The van der Waals surface area contributed by atoms with E-state index in [4.69, 9.17) is 23.2 Å². The molecule has 0 unspecified atom stereocenters. The van der Waals surface area contributed by atoms with Crippen molar-refractivity contribution in [2.45, 2.75) is 9.79 Å². The summed E-state index contributed by atoms with van der Waals surface area (Å²) in [6.07, 6.45) is 0. The highest BCUT2D eigenvalue weighted by Crippen LogP contribution is 2.26. The predicted molar refractivity (Wildman–Crippen MR) is 111 cm³/mol. The average Bonchev–Trinajstić information content (AvgIpc) is 2.64. The van der Waals surface area contributed by atoms with E-state index in [0.29, 0.717) is 5.02 Å². The Kier molecular flexibility index (Phi) is 5.85. The normalized spacial score (nSPS) is 11.8. The fourth-order valence-electron chi connectivity index (χ4n) is 2.30. The summed E-state index contributed by atoms with van der Waals surface area (Å²) in [4.78, 5) is -0.122. The number of benzene rings is 3. The summed E-state index contributed by atoms with van der Waals surface area (Å²) >= 11 is 11.8. The highest BCUT2D eigenvalue weighted by atomic mass is 35.5. The quantitative estimate of drug-likeness (QED) is 0.566. The van der Waals surface area contributed by atoms with Crippen molar-refractivity contribution in [3.8, 4) is 0 Å². The molecule has 0 aromatic heterocycles. The van der Waals surface area contributed by atoms with E-state index in [1.165, 1.54) is 54.6 Å². The molecular weight excluding hydrogens is 443 g/mol. The van der Waals surface area contributed by atoms with Crippen LogP contribution in [0, 0.1) is 0 Å². The van der Waals surface area contributed by atoms with Crippen LogP contribution in [-0.2, 0) is 20.0 Å². The van der Waals surface area contributed by atoms with Crippen molar-refractivity contribution in [2.24, 2.45) is 0 Å². The van der Waals surface area contributed by atoms with Crippen LogP contribution in [0.25, 0.3) is 0 Å². The molecule has 2 N–H and O–H groups in total. The molecule has 146 valence electrons. The molecule has 0 radical (unpaired) electrons. The molecule has 0 aliphatic rings. The standard InChI is InChI=1S/C18H14Cl2N2O4S2/c19-13-8-10-15(11-9-13)27(23,24)21-14-4-3-5-16(12-14)28(25,26)22-18-7-2-1-6-17(18)20/h1-12,21-22H. The first kappa shape index (κ1) is 20.5. The zero-order chi connectivity index (χ0) is 20.4. The summed E-state index contributed by atoms with van der Waals surface area (Å²) in [6.45, 7) is 0. The first-order chi connectivity index (χ1) is 13.2. The topological polar surface area (TPSA) is 92.3 Å². The van der Waals surface area contributed by atoms with Gasteiger partial charge in [-0.1, -0.05) is 41.4 Å². The van der Waals surface area contributed by atoms with Gasteiger partial charge in [0, 0.05) is 5.02 Å². The Balaban J connectivity index is 1.87. The average molecular weight is 457 g/mol. The number of sulfonamides is 2. The molecule has 0 saturated carbocycles. The number of hydrogen-bond donors (Lipinski definition) is 2. The summed E-state index contributed by atoms with van der Waals surface area (Å²) in [5.41, 5.74) is 0.313. The zero-order valence-electron chi connectivity index (χ0n) is 14.1. The number of anilines is 2. The first-order valence-corrected chi connectivity index (χ1v) is 11.6. The van der Waals surface area contributed by atoms with Gasteiger partial charge < -0.3 is 0 Å². The van der Waals surface area contributed by atoms with Crippen LogP contribution in [0.15, 0.2) is 82.6 Å². The molecule has 0 heterocycles. The summed E-state index contributed by atoms with van der Waals surface area (Å²) in [5.74, 6) is 0. The Morgan fingerprint density at radius 1 is 0.643 bits per heavy atom. The van der Waals surface area contributed by atoms with Crippen molar-refractivity contribution in [3.63, 3.8) is 0 Å². The van der Waals surface area contributed by atoms with Crippen LogP contribution in [0.4, 0.5) is 11.4 Å². The first-order valence-electron chi connectivity index (χ1n) is 7.83. The third kappa shape index (κ3) is 4.77. The molecule has 3 aromatic carbocycles. The molecule has 0 aliphatic heterocycles. The van der Waals surface area contributed by atoms with Crippen LogP contribution < -0.4 is 9.44 Å². The largest absolute Gasteiger partial charge is 0.280 e. The Labute approximate surface area is 173 Å². The fraction of sp³-hybridized carbons (Fsp3) is 0. The van der Waals surface area contributed by atoms with Crippen LogP contribution in [0.3, 0.4) is 0 Å². The molecule has 0 fully saturated rings. The minimum absolute atomic E-state index is 0.000599. The SMILES string of the molecule is O=S(=O)(Nc1cccc(S(=O)(=O)Nc2ccccc2Cl)c1)c1ccc(Cl)cc1. The monoisotopic (exact) mass is 456 g/mol. The van der Waals surface area contributed by atoms with Crippen molar-refractivity contribution in [1.29, 1.82) is 0 Å². The van der Waals surface area contributed by atoms with Crippen LogP contribution in [0.1, 0.15) is 0 Å². The summed E-state index contributed by atoms with van der Waals surface area (Å²) in [6, 6.07) is 17.4. The Morgan fingerprint density at radius 2 is 1.29 bits per heavy atom. The summed E-state index contributed by atoms with van der Waals surface area (Å²) in [7, 11) is -7.87. The molecule has 0 spiro atoms. The Morgan fingerprint density at radius 3 is 1.96 bits per heavy atom. The van der Waals surface area contributed by atoms with E-state index in [0.717, 1.165) is 0 Å². The molecule has 0 atom stereocenters. The van der Waals surface area contributed by atoms with Gasteiger partial charge in [-0.2, -0.15) is 0 Å². The van der Waals surface area contributed by atoms with Gasteiger partial charge in [-0.25, -0.2) is 16.8 Å². The van der Waals surface area contributed by atoms with Gasteiger partial charge in [0.05, 0.1) is 26.2 Å². The second-order valence-electron chi connectivity index (χ2n) is 5.67. The van der Waals surface area contributed by atoms with E-state index < -0.39 is 20.0 Å². The van der Waals surface area contributed by atoms with Gasteiger partial charge in [0.2, 0.25) is 0 Å². The zero-order valence-corrected chi connectivity index (χ0v) is 17.3. The molecule has 3 aromatic rings. The second kappa shape index (κ2) is 8.00. The maximum Gasteiger partial charge on any atom is 0.262 e. The van der Waals surface area contributed by atoms with Gasteiger partial charge in [-0.05, 0) is 54.6 Å². The Bertz CT molecular complexity index is 1210. The van der Waals surface area contributed by atoms with Crippen molar-refractivity contribution in [3.05, 3.63) is 82.8 Å². The highest BCUT2D eigenvalue weighted by Gasteiger charge is 2.18. The Hall–Kier alpha value is -2.26. The van der Waals surface area contributed by atoms with Crippen LogP contribution in [0.2, 0.25) is 10.0 Å². The molecular formula is C18H14Cl2N2O4S2. The summed E-state index contributed by atoms with van der Waals surface area (Å²) in [5, 5.41) is 0.642. The van der Waals surface area contributed by atoms with E-state index in [-0.39, 0.29) is 26.2 Å². The lowest BCUT2D eigenvalue weighted by atomic mass is 10.3. The molecule has 3 rings (SSSR count). The van der Waals surface area contributed by atoms with Crippen LogP contribution in [0.5, 0.6) is 0 Å². The molecule has 0 amide bonds. The number of hydrogen-bond acceptors (Lipinski definition) is 4. The maximum absolute atomic E-state index is 12.6. The van der Waals surface area contributed by atoms with Crippen molar-refractivity contribution >= 4 is 54.6 Å². The van der Waals surface area contributed by atoms with Gasteiger partial charge in [0.25, 0.3) is 20.0 Å². The third-order valence-corrected chi connectivity index (χ3v) is 6.98. The number of para-hydroxylation sites is 1. The number of nitrogens with one attached hydrogen (secondary N) is 2. The lowest BCUT2D eigenvalue weighted by Gasteiger charge is -2.12. The van der Waals surface area contributed by atoms with Gasteiger partial charge in [0.1, 0.15) is 0 Å². The molecule has 0 bridgehead atoms. The van der Waals surface area contributed by atoms with E-state index in [1.54, 1.807) is 18.2 Å². The maximum atomic E-state index is 12.6. The highest BCUT2D eigenvalue weighted by molar-refractivity contribution is 7.93. The van der Waals surface area contributed by atoms with Gasteiger partial charge >= 0.3 is 0 Å². The lowest BCUT2D eigenvalue weighted by molar-refractivity contribution is 0.598.